The van der Waals surface area contributed by atoms with Gasteiger partial charge in [0.05, 0.1) is 17.9 Å². The Kier molecular flexibility index (Phi) is 4.56. The van der Waals surface area contributed by atoms with Gasteiger partial charge in [0.1, 0.15) is 5.82 Å². The summed E-state index contributed by atoms with van der Waals surface area (Å²) in [5.41, 5.74) is 14.7. The largest absolute Gasteiger partial charge is 0.395 e. The Morgan fingerprint density at radius 2 is 2.04 bits per heavy atom. The molecule has 1 aliphatic rings. The van der Waals surface area contributed by atoms with E-state index in [0.717, 1.165) is 29.5 Å². The number of carbonyl (C=O) groups is 1. The minimum atomic E-state index is -0.148. The fourth-order valence-electron chi connectivity index (χ4n) is 2.85. The lowest BCUT2D eigenvalue weighted by Gasteiger charge is -2.15. The van der Waals surface area contributed by atoms with Gasteiger partial charge in [-0.25, -0.2) is 19.4 Å². The Balaban J connectivity index is 1.47. The van der Waals surface area contributed by atoms with E-state index >= 15 is 0 Å². The minimum absolute atomic E-state index is 0.145. The van der Waals surface area contributed by atoms with E-state index in [0.29, 0.717) is 23.4 Å². The van der Waals surface area contributed by atoms with Crippen molar-refractivity contribution in [2.45, 2.75) is 31.8 Å². The summed E-state index contributed by atoms with van der Waals surface area (Å²) in [6.07, 6.45) is 8.99. The van der Waals surface area contributed by atoms with Crippen LogP contribution in [0.15, 0.2) is 43.0 Å². The smallest absolute Gasteiger partial charge is 0.315 e. The number of amides is 2. The summed E-state index contributed by atoms with van der Waals surface area (Å²) in [7, 11) is 0. The van der Waals surface area contributed by atoms with E-state index in [4.69, 9.17) is 11.5 Å². The second-order valence-electron chi connectivity index (χ2n) is 6.89. The van der Waals surface area contributed by atoms with Crippen molar-refractivity contribution >= 4 is 17.5 Å². The fraction of sp³-hybridized carbons (Fsp3) is 0.263. The summed E-state index contributed by atoms with van der Waals surface area (Å²) < 4.78 is 1.66. The molecule has 0 aliphatic heterocycles. The molecule has 0 spiro atoms. The zero-order chi connectivity index (χ0) is 19.7. The number of aromatic nitrogens is 4. The third-order valence-electron chi connectivity index (χ3n) is 4.68. The van der Waals surface area contributed by atoms with Crippen LogP contribution in [0.3, 0.4) is 0 Å². The summed E-state index contributed by atoms with van der Waals surface area (Å²) in [6, 6.07) is 5.60. The van der Waals surface area contributed by atoms with Crippen LogP contribution in [0, 0.1) is 0 Å². The number of pyridine rings is 2. The molecule has 9 nitrogen and oxygen atoms in total. The highest BCUT2D eigenvalue weighted by molar-refractivity contribution is 5.81. The van der Waals surface area contributed by atoms with Crippen LogP contribution >= 0.6 is 0 Å². The topological polar surface area (TPSA) is 137 Å². The number of hydrogen-bond acceptors (Lipinski definition) is 6. The van der Waals surface area contributed by atoms with Crippen molar-refractivity contribution in [2.24, 2.45) is 0 Å². The summed E-state index contributed by atoms with van der Waals surface area (Å²) in [6.45, 7) is 1.92. The first-order valence-corrected chi connectivity index (χ1v) is 9.09. The summed E-state index contributed by atoms with van der Waals surface area (Å²) in [4.78, 5) is 20.3. The quantitative estimate of drug-likeness (QED) is 0.536. The number of nitrogens with two attached hydrogens (primary N) is 2. The normalized spacial score (nSPS) is 14.5. The predicted molar refractivity (Wildman–Crippen MR) is 107 cm³/mol. The first kappa shape index (κ1) is 17.8. The van der Waals surface area contributed by atoms with E-state index < -0.39 is 0 Å². The third-order valence-corrected chi connectivity index (χ3v) is 4.68. The Labute approximate surface area is 162 Å². The standard InChI is InChI=1S/C19H22N8O/c1-11(25-19(28)26-14-3-4-14)12-2-5-16(23-8-12)27-10-13(9-24-27)15-6-7-22-18(21)17(15)20/h2,5-11,14H,3-4,20H2,1H3,(H2,21,22)(H2,25,26,28). The van der Waals surface area contributed by atoms with Gasteiger partial charge in [-0.05, 0) is 37.5 Å². The number of nitrogens with one attached hydrogen (secondary N) is 2. The highest BCUT2D eigenvalue weighted by Gasteiger charge is 2.23. The van der Waals surface area contributed by atoms with Gasteiger partial charge in [0, 0.05) is 35.8 Å². The number of hydrogen-bond donors (Lipinski definition) is 4. The maximum Gasteiger partial charge on any atom is 0.315 e. The van der Waals surface area contributed by atoms with Crippen LogP contribution in [0.5, 0.6) is 0 Å². The molecule has 0 aromatic carbocycles. The Morgan fingerprint density at radius 3 is 2.75 bits per heavy atom. The zero-order valence-electron chi connectivity index (χ0n) is 15.5. The molecular formula is C19H22N8O. The lowest BCUT2D eigenvalue weighted by molar-refractivity contribution is 0.237. The van der Waals surface area contributed by atoms with Crippen LogP contribution in [0.25, 0.3) is 16.9 Å². The molecule has 28 heavy (non-hydrogen) atoms. The monoisotopic (exact) mass is 378 g/mol. The SMILES string of the molecule is CC(NC(=O)NC1CC1)c1ccc(-n2cc(-c3ccnc(N)c3N)cn2)nc1. The second-order valence-corrected chi connectivity index (χ2v) is 6.89. The first-order valence-electron chi connectivity index (χ1n) is 9.09. The maximum atomic E-state index is 11.9. The van der Waals surface area contributed by atoms with Crippen LogP contribution in [-0.2, 0) is 0 Å². The third kappa shape index (κ3) is 3.73. The van der Waals surface area contributed by atoms with Gasteiger partial charge in [0.2, 0.25) is 0 Å². The molecule has 1 aliphatic carbocycles. The predicted octanol–water partition coefficient (Wildman–Crippen LogP) is 2.02. The van der Waals surface area contributed by atoms with Crippen molar-refractivity contribution in [1.82, 2.24) is 30.4 Å². The van der Waals surface area contributed by atoms with Crippen LogP contribution in [0.1, 0.15) is 31.4 Å². The summed E-state index contributed by atoms with van der Waals surface area (Å²) in [5.74, 6) is 0.949. The van der Waals surface area contributed by atoms with Crippen LogP contribution < -0.4 is 22.1 Å². The fourth-order valence-corrected chi connectivity index (χ4v) is 2.85. The molecule has 1 atom stereocenters. The molecule has 0 radical (unpaired) electrons. The number of anilines is 2. The molecule has 0 saturated heterocycles. The Hall–Kier alpha value is -3.62. The zero-order valence-corrected chi connectivity index (χ0v) is 15.5. The van der Waals surface area contributed by atoms with Gasteiger partial charge in [-0.1, -0.05) is 6.07 Å². The summed E-state index contributed by atoms with van der Waals surface area (Å²) in [5, 5.41) is 10.2. The number of nitrogen functional groups attached to an aromatic ring is 2. The van der Waals surface area contributed by atoms with Gasteiger partial charge in [-0.3, -0.25) is 0 Å². The van der Waals surface area contributed by atoms with Crippen LogP contribution in [0.2, 0.25) is 0 Å². The van der Waals surface area contributed by atoms with Crippen molar-refractivity contribution in [2.75, 3.05) is 11.5 Å². The molecule has 0 bridgehead atoms. The number of rotatable bonds is 5. The average molecular weight is 378 g/mol. The first-order chi connectivity index (χ1) is 13.5. The molecule has 4 rings (SSSR count). The van der Waals surface area contributed by atoms with Crippen molar-refractivity contribution < 1.29 is 4.79 Å². The molecule has 1 saturated carbocycles. The minimum Gasteiger partial charge on any atom is -0.395 e. The van der Waals surface area contributed by atoms with Crippen molar-refractivity contribution in [3.63, 3.8) is 0 Å². The summed E-state index contributed by atoms with van der Waals surface area (Å²) >= 11 is 0. The van der Waals surface area contributed by atoms with Crippen molar-refractivity contribution in [3.8, 4) is 16.9 Å². The molecule has 6 N–H and O–H groups in total. The molecule has 1 fully saturated rings. The molecule has 2 amide bonds. The lowest BCUT2D eigenvalue weighted by Crippen LogP contribution is -2.38. The molecule has 3 aromatic heterocycles. The number of carbonyl (C=O) groups excluding carboxylic acids is 1. The average Bonchev–Trinajstić information content (AvgIpc) is 3.36. The highest BCUT2D eigenvalue weighted by atomic mass is 16.2. The van der Waals surface area contributed by atoms with Gasteiger partial charge >= 0.3 is 6.03 Å². The highest BCUT2D eigenvalue weighted by Crippen LogP contribution is 2.28. The molecule has 144 valence electrons. The van der Waals surface area contributed by atoms with Crippen molar-refractivity contribution in [1.29, 1.82) is 0 Å². The number of urea groups is 1. The molecular weight excluding hydrogens is 356 g/mol. The second kappa shape index (κ2) is 7.18. The lowest BCUT2D eigenvalue weighted by atomic mass is 10.1. The Bertz CT molecular complexity index is 993. The van der Waals surface area contributed by atoms with Gasteiger partial charge in [0.15, 0.2) is 5.82 Å². The number of nitrogens with zero attached hydrogens (tertiary/aromatic N) is 4. The molecule has 9 heteroatoms. The van der Waals surface area contributed by atoms with E-state index in [2.05, 4.69) is 25.7 Å². The van der Waals surface area contributed by atoms with E-state index in [1.807, 2.05) is 25.3 Å². The van der Waals surface area contributed by atoms with Gasteiger partial charge < -0.3 is 22.1 Å². The van der Waals surface area contributed by atoms with Gasteiger partial charge in [0.25, 0.3) is 0 Å². The molecule has 1 unspecified atom stereocenters. The van der Waals surface area contributed by atoms with E-state index in [-0.39, 0.29) is 12.1 Å². The Morgan fingerprint density at radius 1 is 1.21 bits per heavy atom. The van der Waals surface area contributed by atoms with E-state index in [9.17, 15) is 4.79 Å². The molecule has 3 aromatic rings. The van der Waals surface area contributed by atoms with Crippen molar-refractivity contribution in [3.05, 3.63) is 48.5 Å². The van der Waals surface area contributed by atoms with E-state index in [1.54, 1.807) is 29.3 Å². The van der Waals surface area contributed by atoms with Gasteiger partial charge in [-0.2, -0.15) is 5.10 Å². The maximum absolute atomic E-state index is 11.9. The van der Waals surface area contributed by atoms with E-state index in [1.165, 1.54) is 0 Å². The van der Waals surface area contributed by atoms with Gasteiger partial charge in [-0.15, -0.1) is 0 Å². The van der Waals surface area contributed by atoms with Crippen LogP contribution in [0.4, 0.5) is 16.3 Å². The molecule has 3 heterocycles. The van der Waals surface area contributed by atoms with Crippen LogP contribution in [-0.4, -0.2) is 31.8 Å².